The van der Waals surface area contributed by atoms with Gasteiger partial charge < -0.3 is 19.8 Å². The number of amides is 2. The Morgan fingerprint density at radius 3 is 2.76 bits per heavy atom. The number of carbonyl (C=O) groups is 2. The number of nitrogens with one attached hydrogen (secondary N) is 2. The van der Waals surface area contributed by atoms with Gasteiger partial charge in [0.15, 0.2) is 5.76 Å². The first-order valence-corrected chi connectivity index (χ1v) is 6.36. The number of furan rings is 1. The van der Waals surface area contributed by atoms with Crippen LogP contribution in [-0.2, 0) is 4.79 Å². The van der Waals surface area contributed by atoms with Crippen LogP contribution in [0.1, 0.15) is 16.1 Å². The largest absolute Gasteiger partial charge is 0.495 e. The van der Waals surface area contributed by atoms with Crippen LogP contribution in [0.15, 0.2) is 41.0 Å². The first kappa shape index (κ1) is 14.6. The molecule has 0 aliphatic rings. The highest BCUT2D eigenvalue weighted by Crippen LogP contribution is 2.24. The maximum atomic E-state index is 11.9. The number of hydrogen-bond acceptors (Lipinski definition) is 4. The van der Waals surface area contributed by atoms with Crippen LogP contribution in [0.25, 0.3) is 0 Å². The Morgan fingerprint density at radius 1 is 1.29 bits per heavy atom. The third-order valence-corrected chi connectivity index (χ3v) is 2.78. The van der Waals surface area contributed by atoms with Gasteiger partial charge in [0.2, 0.25) is 5.91 Å². The lowest BCUT2D eigenvalue weighted by molar-refractivity contribution is -0.115. The van der Waals surface area contributed by atoms with Crippen molar-refractivity contribution in [3.63, 3.8) is 0 Å². The maximum absolute atomic E-state index is 11.9. The first-order valence-electron chi connectivity index (χ1n) is 6.36. The van der Waals surface area contributed by atoms with Crippen molar-refractivity contribution in [1.29, 1.82) is 0 Å². The molecule has 0 atom stereocenters. The number of ether oxygens (including phenoxy) is 1. The van der Waals surface area contributed by atoms with Gasteiger partial charge in [-0.3, -0.25) is 9.59 Å². The summed E-state index contributed by atoms with van der Waals surface area (Å²) in [6, 6.07) is 8.58. The molecule has 0 spiro atoms. The molecule has 0 unspecified atom stereocenters. The van der Waals surface area contributed by atoms with Gasteiger partial charge in [-0.05, 0) is 36.8 Å². The first-order chi connectivity index (χ1) is 10.1. The smallest absolute Gasteiger partial charge is 0.287 e. The van der Waals surface area contributed by atoms with E-state index in [9.17, 15) is 9.59 Å². The zero-order valence-electron chi connectivity index (χ0n) is 11.8. The fraction of sp³-hybridized carbons (Fsp3) is 0.200. The Morgan fingerprint density at radius 2 is 2.10 bits per heavy atom. The highest BCUT2D eigenvalue weighted by molar-refractivity contribution is 5.98. The topological polar surface area (TPSA) is 80.6 Å². The summed E-state index contributed by atoms with van der Waals surface area (Å²) in [6.07, 6.45) is 1.40. The van der Waals surface area contributed by atoms with Crippen LogP contribution in [0.5, 0.6) is 5.75 Å². The molecular formula is C15H16N2O4. The summed E-state index contributed by atoms with van der Waals surface area (Å²) >= 11 is 0. The maximum Gasteiger partial charge on any atom is 0.287 e. The molecule has 1 aromatic carbocycles. The van der Waals surface area contributed by atoms with Crippen LogP contribution in [0.4, 0.5) is 5.69 Å². The number of carbonyl (C=O) groups excluding carboxylic acids is 2. The normalized spacial score (nSPS) is 10.0. The molecular weight excluding hydrogens is 272 g/mol. The molecule has 21 heavy (non-hydrogen) atoms. The van der Waals surface area contributed by atoms with E-state index in [4.69, 9.17) is 9.15 Å². The second kappa shape index (κ2) is 6.60. The van der Waals surface area contributed by atoms with Crippen molar-refractivity contribution in [3.05, 3.63) is 47.9 Å². The predicted octanol–water partition coefficient (Wildman–Crippen LogP) is 1.97. The lowest BCUT2D eigenvalue weighted by Gasteiger charge is -2.11. The molecule has 0 radical (unpaired) electrons. The molecule has 0 fully saturated rings. The van der Waals surface area contributed by atoms with E-state index in [0.29, 0.717) is 11.4 Å². The predicted molar refractivity (Wildman–Crippen MR) is 77.4 cm³/mol. The zero-order chi connectivity index (χ0) is 15.2. The van der Waals surface area contributed by atoms with Gasteiger partial charge >= 0.3 is 0 Å². The van der Waals surface area contributed by atoms with E-state index in [2.05, 4.69) is 10.6 Å². The summed E-state index contributed by atoms with van der Waals surface area (Å²) in [4.78, 5) is 23.5. The number of hydrogen-bond donors (Lipinski definition) is 2. The highest BCUT2D eigenvalue weighted by Gasteiger charge is 2.12. The molecule has 2 rings (SSSR count). The Labute approximate surface area is 122 Å². The lowest BCUT2D eigenvalue weighted by atomic mass is 10.2. The molecule has 1 aromatic heterocycles. The van der Waals surface area contributed by atoms with Crippen molar-refractivity contribution in [2.45, 2.75) is 6.92 Å². The molecule has 110 valence electrons. The van der Waals surface area contributed by atoms with E-state index in [1.807, 2.05) is 13.0 Å². The molecule has 0 aliphatic carbocycles. The molecule has 0 saturated carbocycles. The average Bonchev–Trinajstić information content (AvgIpc) is 2.99. The van der Waals surface area contributed by atoms with Gasteiger partial charge in [-0.1, -0.05) is 6.07 Å². The fourth-order valence-electron chi connectivity index (χ4n) is 1.77. The Hall–Kier alpha value is -2.76. The van der Waals surface area contributed by atoms with Gasteiger partial charge in [-0.2, -0.15) is 0 Å². The summed E-state index contributed by atoms with van der Waals surface area (Å²) in [6.45, 7) is 1.75. The number of anilines is 1. The quantitative estimate of drug-likeness (QED) is 0.881. The molecule has 6 heteroatoms. The number of rotatable bonds is 5. The SMILES string of the molecule is COc1ccc(C)cc1NC(=O)CNC(=O)c1ccco1. The van der Waals surface area contributed by atoms with Crippen molar-refractivity contribution < 1.29 is 18.7 Å². The van der Waals surface area contributed by atoms with Crippen molar-refractivity contribution in [2.75, 3.05) is 19.0 Å². The van der Waals surface area contributed by atoms with Gasteiger partial charge in [0.1, 0.15) is 5.75 Å². The van der Waals surface area contributed by atoms with E-state index >= 15 is 0 Å². The Bertz CT molecular complexity index is 635. The number of benzene rings is 1. The van der Waals surface area contributed by atoms with Gasteiger partial charge in [0.25, 0.3) is 5.91 Å². The van der Waals surface area contributed by atoms with Crippen LogP contribution >= 0.6 is 0 Å². The van der Waals surface area contributed by atoms with Crippen molar-refractivity contribution in [2.24, 2.45) is 0 Å². The Kier molecular flexibility index (Phi) is 4.61. The highest BCUT2D eigenvalue weighted by atomic mass is 16.5. The summed E-state index contributed by atoms with van der Waals surface area (Å²) in [5.41, 5.74) is 1.56. The monoisotopic (exact) mass is 288 g/mol. The van der Waals surface area contributed by atoms with E-state index < -0.39 is 5.91 Å². The van der Waals surface area contributed by atoms with Crippen molar-refractivity contribution >= 4 is 17.5 Å². The molecule has 2 amide bonds. The summed E-state index contributed by atoms with van der Waals surface area (Å²) in [5.74, 6) is -0.0626. The second-order valence-corrected chi connectivity index (χ2v) is 4.41. The third kappa shape index (κ3) is 3.85. The minimum absolute atomic E-state index is 0.156. The van der Waals surface area contributed by atoms with Gasteiger partial charge in [0, 0.05) is 0 Å². The average molecular weight is 288 g/mol. The fourth-order valence-corrected chi connectivity index (χ4v) is 1.77. The molecule has 2 aromatic rings. The number of aryl methyl sites for hydroxylation is 1. The van der Waals surface area contributed by atoms with E-state index in [0.717, 1.165) is 5.56 Å². The van der Waals surface area contributed by atoms with Gasteiger partial charge in [0.05, 0.1) is 25.6 Å². The van der Waals surface area contributed by atoms with Crippen LogP contribution in [0, 0.1) is 6.92 Å². The van der Waals surface area contributed by atoms with Crippen molar-refractivity contribution in [1.82, 2.24) is 5.32 Å². The minimum Gasteiger partial charge on any atom is -0.495 e. The van der Waals surface area contributed by atoms with Gasteiger partial charge in [-0.25, -0.2) is 0 Å². The molecule has 1 heterocycles. The second-order valence-electron chi connectivity index (χ2n) is 4.41. The lowest BCUT2D eigenvalue weighted by Crippen LogP contribution is -2.32. The minimum atomic E-state index is -0.439. The van der Waals surface area contributed by atoms with E-state index in [-0.39, 0.29) is 18.2 Å². The summed E-state index contributed by atoms with van der Waals surface area (Å²) < 4.78 is 10.1. The van der Waals surface area contributed by atoms with Gasteiger partial charge in [-0.15, -0.1) is 0 Å². The third-order valence-electron chi connectivity index (χ3n) is 2.78. The van der Waals surface area contributed by atoms with E-state index in [1.165, 1.54) is 19.4 Å². The van der Waals surface area contributed by atoms with Crippen LogP contribution < -0.4 is 15.4 Å². The zero-order valence-corrected chi connectivity index (χ0v) is 11.8. The Balaban J connectivity index is 1.93. The van der Waals surface area contributed by atoms with E-state index in [1.54, 1.807) is 18.2 Å². The van der Waals surface area contributed by atoms with Crippen molar-refractivity contribution in [3.8, 4) is 5.75 Å². The summed E-state index contributed by atoms with van der Waals surface area (Å²) in [5, 5.41) is 5.17. The molecule has 6 nitrogen and oxygen atoms in total. The standard InChI is InChI=1S/C15H16N2O4/c1-10-5-6-12(20-2)11(8-10)17-14(18)9-16-15(19)13-4-3-7-21-13/h3-8H,9H2,1-2H3,(H,16,19)(H,17,18). The van der Waals surface area contributed by atoms with Crippen LogP contribution in [0.3, 0.4) is 0 Å². The molecule has 2 N–H and O–H groups in total. The molecule has 0 saturated heterocycles. The molecule has 0 aliphatic heterocycles. The van der Waals surface area contributed by atoms with Crippen LogP contribution in [0.2, 0.25) is 0 Å². The van der Waals surface area contributed by atoms with Crippen LogP contribution in [-0.4, -0.2) is 25.5 Å². The molecule has 0 bridgehead atoms. The number of methoxy groups -OCH3 is 1. The summed E-state index contributed by atoms with van der Waals surface area (Å²) in [7, 11) is 1.53.